The van der Waals surface area contributed by atoms with E-state index in [0.717, 1.165) is 7.11 Å². The molecule has 3 N–H and O–H groups in total. The molecule has 0 saturated heterocycles. The van der Waals surface area contributed by atoms with Gasteiger partial charge in [0, 0.05) is 25.4 Å². The number of aromatic nitrogens is 2. The number of rotatable bonds is 7. The van der Waals surface area contributed by atoms with Crippen molar-refractivity contribution in [1.82, 2.24) is 20.2 Å². The van der Waals surface area contributed by atoms with Gasteiger partial charge in [0.1, 0.15) is 12.1 Å². The van der Waals surface area contributed by atoms with Gasteiger partial charge in [-0.3, -0.25) is 4.79 Å². The lowest BCUT2D eigenvalue weighted by Gasteiger charge is -2.31. The van der Waals surface area contributed by atoms with Crippen molar-refractivity contribution in [2.75, 3.05) is 12.4 Å². The van der Waals surface area contributed by atoms with Gasteiger partial charge >= 0.3 is 24.4 Å². The fourth-order valence-corrected chi connectivity index (χ4v) is 3.37. The number of aryl methyl sites for hydroxylation is 1. The molecule has 0 spiro atoms. The van der Waals surface area contributed by atoms with Gasteiger partial charge in [0.15, 0.2) is 0 Å². The van der Waals surface area contributed by atoms with Gasteiger partial charge in [-0.1, -0.05) is 20.8 Å². The summed E-state index contributed by atoms with van der Waals surface area (Å²) in [7, 11) is 2.81. The molecule has 1 heterocycles. The number of imidazole rings is 1. The Morgan fingerprint density at radius 2 is 1.53 bits per heavy atom. The molecule has 0 bridgehead atoms. The third kappa shape index (κ3) is 8.38. The molecule has 0 unspecified atom stereocenters. The number of nitrogens with zero attached hydrogens (tertiary/aromatic N) is 2. The number of carbonyl (C=O) groups is 3. The topological polar surface area (TPSA) is 114 Å². The Bertz CT molecular complexity index is 1140. The van der Waals surface area contributed by atoms with E-state index in [4.69, 9.17) is 4.74 Å². The van der Waals surface area contributed by atoms with Crippen molar-refractivity contribution in [3.05, 3.63) is 47.5 Å². The summed E-state index contributed by atoms with van der Waals surface area (Å²) in [6.45, 7) is 4.65. The highest BCUT2D eigenvalue weighted by Gasteiger charge is 2.38. The Kier molecular flexibility index (Phi) is 9.06. The maximum absolute atomic E-state index is 13.1. The molecule has 0 fully saturated rings. The van der Waals surface area contributed by atoms with Crippen LogP contribution in [0.1, 0.15) is 37.6 Å². The average Bonchev–Trinajstić information content (AvgIpc) is 3.18. The molecule has 0 radical (unpaired) electrons. The largest absolute Gasteiger partial charge is 0.467 e. The normalized spacial score (nSPS) is 13.9. The molecule has 0 aliphatic carbocycles. The van der Waals surface area contributed by atoms with Crippen molar-refractivity contribution < 1.29 is 45.5 Å². The zero-order valence-electron chi connectivity index (χ0n) is 21.0. The van der Waals surface area contributed by atoms with Crippen molar-refractivity contribution in [3.8, 4) is 0 Å². The van der Waals surface area contributed by atoms with Crippen LogP contribution in [0.25, 0.3) is 0 Å². The molecule has 3 amide bonds. The number of hydrogen-bond donors (Lipinski definition) is 3. The molecule has 9 nitrogen and oxygen atoms in total. The third-order valence-corrected chi connectivity index (χ3v) is 5.22. The number of halogens is 6. The number of hydrogen-bond acceptors (Lipinski definition) is 5. The second kappa shape index (κ2) is 11.3. The number of carbonyl (C=O) groups excluding carboxylic acids is 3. The van der Waals surface area contributed by atoms with Crippen molar-refractivity contribution >= 4 is 23.6 Å². The number of anilines is 1. The highest BCUT2D eigenvalue weighted by molar-refractivity contribution is 5.95. The minimum Gasteiger partial charge on any atom is -0.467 e. The van der Waals surface area contributed by atoms with Crippen LogP contribution in [-0.2, 0) is 40.1 Å². The fraction of sp³-hybridized carbons (Fsp3) is 0.478. The minimum atomic E-state index is -5.11. The number of urea groups is 1. The molecule has 38 heavy (non-hydrogen) atoms. The zero-order chi connectivity index (χ0) is 29.1. The summed E-state index contributed by atoms with van der Waals surface area (Å²) in [5.41, 5.74) is -4.59. The quantitative estimate of drug-likeness (QED) is 0.357. The summed E-state index contributed by atoms with van der Waals surface area (Å²) >= 11 is 0. The molecule has 210 valence electrons. The van der Waals surface area contributed by atoms with Gasteiger partial charge in [-0.25, -0.2) is 14.6 Å². The van der Waals surface area contributed by atoms with Crippen molar-refractivity contribution in [1.29, 1.82) is 0 Å². The van der Waals surface area contributed by atoms with Gasteiger partial charge in [-0.2, -0.15) is 26.3 Å². The van der Waals surface area contributed by atoms with Crippen LogP contribution in [0.2, 0.25) is 0 Å². The van der Waals surface area contributed by atoms with E-state index in [0.29, 0.717) is 17.8 Å². The maximum atomic E-state index is 13.1. The predicted octanol–water partition coefficient (Wildman–Crippen LogP) is 3.89. The van der Waals surface area contributed by atoms with Crippen molar-refractivity contribution in [3.63, 3.8) is 0 Å². The van der Waals surface area contributed by atoms with Gasteiger partial charge in [0.2, 0.25) is 5.91 Å². The van der Waals surface area contributed by atoms with Crippen molar-refractivity contribution in [2.24, 2.45) is 12.5 Å². The van der Waals surface area contributed by atoms with Gasteiger partial charge < -0.3 is 25.3 Å². The molecule has 1 aromatic heterocycles. The van der Waals surface area contributed by atoms with Crippen LogP contribution < -0.4 is 16.0 Å². The highest BCUT2D eigenvalue weighted by Crippen LogP contribution is 2.37. The number of esters is 1. The van der Waals surface area contributed by atoms with E-state index in [9.17, 15) is 40.7 Å². The van der Waals surface area contributed by atoms with Gasteiger partial charge in [0.25, 0.3) is 0 Å². The minimum absolute atomic E-state index is 0.0488. The van der Waals surface area contributed by atoms with E-state index >= 15 is 0 Å². The van der Waals surface area contributed by atoms with E-state index < -0.39 is 64.6 Å². The summed E-state index contributed by atoms with van der Waals surface area (Å²) in [4.78, 5) is 42.0. The van der Waals surface area contributed by atoms with Crippen LogP contribution in [0.15, 0.2) is 30.7 Å². The number of nitrogens with one attached hydrogen (secondary N) is 3. The standard InChI is InChI=1S/C23H27F6N5O4/c1-21(2,3)17(18(35)32-16(19(36)38-5)9-15-10-34(4)11-30-15)33-20(37)31-14-7-12(22(24,25)26)6-13(8-14)23(27,28)29/h6-8,10-11,16-17H,9H2,1-5H3,(H,32,35)(H2,31,33,37)/t16-,17+/m0/s1. The molecule has 2 rings (SSSR count). The molecule has 0 aliphatic heterocycles. The molecule has 2 aromatic rings. The maximum Gasteiger partial charge on any atom is 0.416 e. The smallest absolute Gasteiger partial charge is 0.416 e. The predicted molar refractivity (Wildman–Crippen MR) is 123 cm³/mol. The molecule has 15 heteroatoms. The van der Waals surface area contributed by atoms with E-state index in [1.807, 2.05) is 5.32 Å². The second-order valence-corrected chi connectivity index (χ2v) is 9.51. The number of methoxy groups -OCH3 is 1. The number of alkyl halides is 6. The average molecular weight is 551 g/mol. The van der Waals surface area contributed by atoms with Crippen LogP contribution in [0.5, 0.6) is 0 Å². The molecular formula is C23H27F6N5O4. The summed E-state index contributed by atoms with van der Waals surface area (Å²) < 4.78 is 85.1. The van der Waals surface area contributed by atoms with Crippen LogP contribution in [0, 0.1) is 5.41 Å². The van der Waals surface area contributed by atoms with Crippen LogP contribution in [0.3, 0.4) is 0 Å². The number of amides is 3. The van der Waals surface area contributed by atoms with Crippen molar-refractivity contribution in [2.45, 2.75) is 51.6 Å². The summed E-state index contributed by atoms with van der Waals surface area (Å²) in [5, 5.41) is 6.63. The molecule has 2 atom stereocenters. The lowest BCUT2D eigenvalue weighted by atomic mass is 9.86. The Morgan fingerprint density at radius 1 is 0.974 bits per heavy atom. The van der Waals surface area contributed by atoms with E-state index in [1.54, 1.807) is 38.6 Å². The Hall–Kier alpha value is -3.78. The van der Waals surface area contributed by atoms with Crippen LogP contribution >= 0.6 is 0 Å². The first-order chi connectivity index (χ1) is 17.3. The lowest BCUT2D eigenvalue weighted by Crippen LogP contribution is -2.57. The van der Waals surface area contributed by atoms with Crippen LogP contribution in [-0.4, -0.2) is 46.7 Å². The first-order valence-corrected chi connectivity index (χ1v) is 11.0. The lowest BCUT2D eigenvalue weighted by molar-refractivity contribution is -0.145. The number of benzene rings is 1. The fourth-order valence-electron chi connectivity index (χ4n) is 3.37. The van der Waals surface area contributed by atoms with E-state index in [2.05, 4.69) is 15.6 Å². The Balaban J connectivity index is 2.26. The summed E-state index contributed by atoms with van der Waals surface area (Å²) in [5.74, 6) is -1.65. The van der Waals surface area contributed by atoms with Crippen LogP contribution in [0.4, 0.5) is 36.8 Å². The highest BCUT2D eigenvalue weighted by atomic mass is 19.4. The van der Waals surface area contributed by atoms with E-state index in [-0.39, 0.29) is 12.5 Å². The summed E-state index contributed by atoms with van der Waals surface area (Å²) in [6, 6.07) is -3.22. The zero-order valence-corrected chi connectivity index (χ0v) is 21.0. The molecule has 1 aromatic carbocycles. The first-order valence-electron chi connectivity index (χ1n) is 11.0. The van der Waals surface area contributed by atoms with E-state index in [1.165, 1.54) is 6.33 Å². The molecular weight excluding hydrogens is 524 g/mol. The Morgan fingerprint density at radius 3 is 1.95 bits per heavy atom. The van der Waals surface area contributed by atoms with Gasteiger partial charge in [-0.05, 0) is 23.6 Å². The molecule has 0 aliphatic rings. The SMILES string of the molecule is COC(=O)[C@H](Cc1cn(C)cn1)NC(=O)[C@@H](NC(=O)Nc1cc(C(F)(F)F)cc(C(F)(F)F)c1)C(C)(C)C. The van der Waals surface area contributed by atoms with Gasteiger partial charge in [-0.15, -0.1) is 0 Å². The summed E-state index contributed by atoms with van der Waals surface area (Å²) in [6.07, 6.45) is -7.18. The molecule has 0 saturated carbocycles. The monoisotopic (exact) mass is 551 g/mol. The van der Waals surface area contributed by atoms with Gasteiger partial charge in [0.05, 0.1) is 30.3 Å². The second-order valence-electron chi connectivity index (χ2n) is 9.51. The Labute approximate surface area is 213 Å². The first kappa shape index (κ1) is 30.4. The number of ether oxygens (including phenoxy) is 1. The third-order valence-electron chi connectivity index (χ3n) is 5.22.